The van der Waals surface area contributed by atoms with Gasteiger partial charge < -0.3 is 9.47 Å². The lowest BCUT2D eigenvalue weighted by Gasteiger charge is -2.21. The van der Waals surface area contributed by atoms with Crippen LogP contribution in [0.15, 0.2) is 66.9 Å². The van der Waals surface area contributed by atoms with Gasteiger partial charge in [0.05, 0.1) is 19.3 Å². The fraction of sp³-hybridized carbons (Fsp3) is 0.227. The summed E-state index contributed by atoms with van der Waals surface area (Å²) < 4.78 is 11.5. The zero-order valence-corrected chi connectivity index (χ0v) is 17.0. The van der Waals surface area contributed by atoms with Crippen LogP contribution in [-0.2, 0) is 25.6 Å². The third-order valence-electron chi connectivity index (χ3n) is 4.22. The summed E-state index contributed by atoms with van der Waals surface area (Å²) >= 11 is 0. The van der Waals surface area contributed by atoms with Gasteiger partial charge in [0.1, 0.15) is 6.54 Å². The Labute approximate surface area is 179 Å². The smallest absolute Gasteiger partial charge is 0.361 e. The highest BCUT2D eigenvalue weighted by Gasteiger charge is 2.22. The van der Waals surface area contributed by atoms with Crippen LogP contribution in [0, 0.1) is 0 Å². The summed E-state index contributed by atoms with van der Waals surface area (Å²) in [4.78, 5) is 38.1. The van der Waals surface area contributed by atoms with Gasteiger partial charge >= 0.3 is 11.9 Å². The molecule has 160 valence electrons. The van der Waals surface area contributed by atoms with Crippen molar-refractivity contribution in [2.24, 2.45) is 0 Å². The lowest BCUT2D eigenvalue weighted by atomic mass is 10.2. The molecule has 0 radical (unpaired) electrons. The molecule has 1 heterocycles. The minimum atomic E-state index is -0.781. The van der Waals surface area contributed by atoms with Crippen molar-refractivity contribution in [1.82, 2.24) is 15.0 Å². The van der Waals surface area contributed by atoms with Crippen molar-refractivity contribution in [2.75, 3.05) is 24.7 Å². The van der Waals surface area contributed by atoms with Gasteiger partial charge in [-0.05, 0) is 24.6 Å². The normalized spacial score (nSPS) is 10.4. The van der Waals surface area contributed by atoms with Crippen LogP contribution >= 0.6 is 0 Å². The second-order valence-electron chi connectivity index (χ2n) is 6.48. The largest absolute Gasteiger partial charge is 0.465 e. The number of hydrogen-bond donors (Lipinski definition) is 0. The average Bonchev–Trinajstić information content (AvgIpc) is 3.25. The van der Waals surface area contributed by atoms with E-state index < -0.39 is 24.5 Å². The molecule has 3 aromatic rings. The monoisotopic (exact) mass is 422 g/mol. The first-order chi connectivity index (χ1) is 15.1. The van der Waals surface area contributed by atoms with Gasteiger partial charge in [-0.1, -0.05) is 53.7 Å². The highest BCUT2D eigenvalue weighted by molar-refractivity contribution is 5.99. The quantitative estimate of drug-likeness (QED) is 0.486. The molecule has 0 aliphatic rings. The van der Waals surface area contributed by atoms with E-state index in [2.05, 4.69) is 10.3 Å². The molecule has 0 fully saturated rings. The second kappa shape index (κ2) is 10.7. The van der Waals surface area contributed by atoms with E-state index in [9.17, 15) is 14.4 Å². The summed E-state index contributed by atoms with van der Waals surface area (Å²) in [5.74, 6) is -1.91. The number of amides is 1. The molecule has 0 saturated carbocycles. The Morgan fingerprint density at radius 1 is 0.968 bits per heavy atom. The van der Waals surface area contributed by atoms with Crippen LogP contribution in [0.3, 0.4) is 0 Å². The standard InChI is InChI=1S/C22H22N4O5/c1-2-30-21(28)15-26(18-11-7-4-8-12-18)20(27)16-31-22(29)19-14-25(24-23-19)13-17-9-5-3-6-10-17/h3-12,14H,2,13,15-16H2,1H3. The van der Waals surface area contributed by atoms with Gasteiger partial charge in [-0.15, -0.1) is 5.10 Å². The summed E-state index contributed by atoms with van der Waals surface area (Å²) in [5, 5.41) is 7.72. The summed E-state index contributed by atoms with van der Waals surface area (Å²) in [6, 6.07) is 18.2. The molecular weight excluding hydrogens is 400 g/mol. The van der Waals surface area contributed by atoms with Gasteiger partial charge in [-0.3, -0.25) is 14.5 Å². The molecular formula is C22H22N4O5. The highest BCUT2D eigenvalue weighted by Crippen LogP contribution is 2.14. The molecule has 0 aliphatic heterocycles. The third-order valence-corrected chi connectivity index (χ3v) is 4.22. The molecule has 1 amide bonds. The van der Waals surface area contributed by atoms with Gasteiger partial charge in [0.25, 0.3) is 5.91 Å². The van der Waals surface area contributed by atoms with Crippen LogP contribution in [0.4, 0.5) is 5.69 Å². The fourth-order valence-corrected chi connectivity index (χ4v) is 2.79. The number of ether oxygens (including phenoxy) is 2. The van der Waals surface area contributed by atoms with Crippen molar-refractivity contribution >= 4 is 23.5 Å². The Hall–Kier alpha value is -4.01. The molecule has 2 aromatic carbocycles. The predicted molar refractivity (Wildman–Crippen MR) is 111 cm³/mol. The number of carbonyl (C=O) groups is 3. The van der Waals surface area contributed by atoms with E-state index in [0.29, 0.717) is 12.2 Å². The van der Waals surface area contributed by atoms with E-state index in [4.69, 9.17) is 9.47 Å². The van der Waals surface area contributed by atoms with Gasteiger partial charge in [0.2, 0.25) is 0 Å². The SMILES string of the molecule is CCOC(=O)CN(C(=O)COC(=O)c1cn(Cc2ccccc2)nn1)c1ccccc1. The van der Waals surface area contributed by atoms with Crippen molar-refractivity contribution in [3.05, 3.63) is 78.1 Å². The van der Waals surface area contributed by atoms with Gasteiger partial charge in [-0.25, -0.2) is 9.48 Å². The molecule has 9 nitrogen and oxygen atoms in total. The third kappa shape index (κ3) is 6.23. The van der Waals surface area contributed by atoms with Crippen LogP contribution in [0.5, 0.6) is 0 Å². The van der Waals surface area contributed by atoms with E-state index in [1.807, 2.05) is 30.3 Å². The number of para-hydroxylation sites is 1. The number of esters is 2. The van der Waals surface area contributed by atoms with Crippen molar-refractivity contribution in [1.29, 1.82) is 0 Å². The number of aromatic nitrogens is 3. The zero-order chi connectivity index (χ0) is 22.1. The van der Waals surface area contributed by atoms with Crippen LogP contribution in [-0.4, -0.2) is 52.6 Å². The molecule has 9 heteroatoms. The highest BCUT2D eigenvalue weighted by atomic mass is 16.5. The summed E-state index contributed by atoms with van der Waals surface area (Å²) in [6.07, 6.45) is 1.45. The number of nitrogens with zero attached hydrogens (tertiary/aromatic N) is 4. The van der Waals surface area contributed by atoms with E-state index in [0.717, 1.165) is 5.56 Å². The van der Waals surface area contributed by atoms with Crippen molar-refractivity contribution in [2.45, 2.75) is 13.5 Å². The van der Waals surface area contributed by atoms with Crippen molar-refractivity contribution < 1.29 is 23.9 Å². The Morgan fingerprint density at radius 2 is 1.65 bits per heavy atom. The Balaban J connectivity index is 1.61. The lowest BCUT2D eigenvalue weighted by molar-refractivity contribution is -0.142. The summed E-state index contributed by atoms with van der Waals surface area (Å²) in [5.41, 5.74) is 1.48. The topological polar surface area (TPSA) is 104 Å². The maximum absolute atomic E-state index is 12.7. The zero-order valence-electron chi connectivity index (χ0n) is 17.0. The second-order valence-corrected chi connectivity index (χ2v) is 6.48. The van der Waals surface area contributed by atoms with E-state index >= 15 is 0 Å². The molecule has 0 spiro atoms. The molecule has 0 N–H and O–H groups in total. The van der Waals surface area contributed by atoms with Crippen LogP contribution in [0.1, 0.15) is 23.0 Å². The molecule has 0 aliphatic carbocycles. The Kier molecular flexibility index (Phi) is 7.47. The molecule has 0 atom stereocenters. The van der Waals surface area contributed by atoms with Crippen LogP contribution in [0.2, 0.25) is 0 Å². The number of carbonyl (C=O) groups excluding carboxylic acids is 3. The van der Waals surface area contributed by atoms with E-state index in [-0.39, 0.29) is 18.8 Å². The van der Waals surface area contributed by atoms with Gasteiger partial charge in [0, 0.05) is 5.69 Å². The summed E-state index contributed by atoms with van der Waals surface area (Å²) in [7, 11) is 0. The number of anilines is 1. The van der Waals surface area contributed by atoms with Gasteiger partial charge in [-0.2, -0.15) is 0 Å². The summed E-state index contributed by atoms with van der Waals surface area (Å²) in [6.45, 7) is 1.48. The van der Waals surface area contributed by atoms with E-state index in [1.54, 1.807) is 37.3 Å². The van der Waals surface area contributed by atoms with E-state index in [1.165, 1.54) is 15.8 Å². The molecule has 3 rings (SSSR count). The number of benzene rings is 2. The first kappa shape index (κ1) is 21.7. The lowest BCUT2D eigenvalue weighted by Crippen LogP contribution is -2.39. The molecule has 31 heavy (non-hydrogen) atoms. The maximum atomic E-state index is 12.7. The molecule has 1 aromatic heterocycles. The van der Waals surface area contributed by atoms with Crippen LogP contribution < -0.4 is 4.90 Å². The van der Waals surface area contributed by atoms with Crippen molar-refractivity contribution in [3.63, 3.8) is 0 Å². The van der Waals surface area contributed by atoms with Gasteiger partial charge in [0.15, 0.2) is 12.3 Å². The Morgan fingerprint density at radius 3 is 2.32 bits per heavy atom. The first-order valence-corrected chi connectivity index (χ1v) is 9.69. The molecule has 0 unspecified atom stereocenters. The van der Waals surface area contributed by atoms with Crippen LogP contribution in [0.25, 0.3) is 0 Å². The molecule has 0 bridgehead atoms. The predicted octanol–water partition coefficient (Wildman–Crippen LogP) is 2.08. The first-order valence-electron chi connectivity index (χ1n) is 9.69. The fourth-order valence-electron chi connectivity index (χ4n) is 2.79. The maximum Gasteiger partial charge on any atom is 0.361 e. The van der Waals surface area contributed by atoms with Crippen molar-refractivity contribution in [3.8, 4) is 0 Å². The number of rotatable bonds is 9. The average molecular weight is 422 g/mol. The Bertz CT molecular complexity index is 1020. The minimum absolute atomic E-state index is 0.0135. The number of hydrogen-bond acceptors (Lipinski definition) is 7. The minimum Gasteiger partial charge on any atom is -0.465 e. The molecule has 0 saturated heterocycles.